The van der Waals surface area contributed by atoms with Crippen LogP contribution >= 0.6 is 0 Å². The number of carbonyl (C=O) groups excluding carboxylic acids is 1. The fraction of sp³-hybridized carbons (Fsp3) is 0.381. The monoisotopic (exact) mass is 434 g/mol. The van der Waals surface area contributed by atoms with Gasteiger partial charge < -0.3 is 24.1 Å². The standard InChI is InChI=1S/C21H25NO7S/c1-27-19-10-5-15(12-20(19)28-2)13-22(14-17-4-3-11-29-17)30(25,26)18-8-6-16(7-9-18)21(23)24/h5-10,12,17H,3-4,11,13-14H2,1-2H3,(H,23,24)/p-1/t17-/m1/s1. The first-order chi connectivity index (χ1) is 14.3. The summed E-state index contributed by atoms with van der Waals surface area (Å²) in [6, 6.07) is 10.2. The van der Waals surface area contributed by atoms with E-state index >= 15 is 0 Å². The van der Waals surface area contributed by atoms with E-state index in [9.17, 15) is 18.3 Å². The number of sulfonamides is 1. The Bertz CT molecular complexity index is 983. The van der Waals surface area contributed by atoms with Gasteiger partial charge in [-0.25, -0.2) is 8.42 Å². The molecule has 0 aromatic heterocycles. The van der Waals surface area contributed by atoms with Crippen LogP contribution < -0.4 is 14.6 Å². The summed E-state index contributed by atoms with van der Waals surface area (Å²) in [5, 5.41) is 11.0. The highest BCUT2D eigenvalue weighted by Crippen LogP contribution is 2.29. The third kappa shape index (κ3) is 4.92. The molecule has 2 aromatic carbocycles. The summed E-state index contributed by atoms with van der Waals surface area (Å²) in [6.45, 7) is 0.902. The van der Waals surface area contributed by atoms with Gasteiger partial charge in [-0.05, 0) is 48.2 Å². The van der Waals surface area contributed by atoms with Crippen molar-refractivity contribution in [3.05, 3.63) is 53.6 Å². The Kier molecular flexibility index (Phi) is 6.96. The maximum absolute atomic E-state index is 13.3. The Labute approximate surface area is 176 Å². The van der Waals surface area contributed by atoms with E-state index in [0.717, 1.165) is 18.4 Å². The highest BCUT2D eigenvalue weighted by atomic mass is 32.2. The SMILES string of the molecule is COc1ccc(CN(C[C@H]2CCCO2)S(=O)(=O)c2ccc(C(=O)[O-])cc2)cc1OC. The molecule has 162 valence electrons. The zero-order valence-electron chi connectivity index (χ0n) is 16.9. The van der Waals surface area contributed by atoms with Crippen LogP contribution in [-0.2, 0) is 21.3 Å². The summed E-state index contributed by atoms with van der Waals surface area (Å²) in [6.07, 6.45) is 1.47. The molecule has 1 atom stereocenters. The number of rotatable bonds is 9. The number of carboxylic acid groups (broad SMARTS) is 1. The third-order valence-electron chi connectivity index (χ3n) is 4.97. The second kappa shape index (κ2) is 9.46. The second-order valence-electron chi connectivity index (χ2n) is 6.93. The number of benzene rings is 2. The minimum atomic E-state index is -3.90. The van der Waals surface area contributed by atoms with Crippen molar-refractivity contribution < 1.29 is 32.5 Å². The van der Waals surface area contributed by atoms with Gasteiger partial charge in [0.25, 0.3) is 0 Å². The van der Waals surface area contributed by atoms with E-state index in [1.807, 2.05) is 0 Å². The summed E-state index contributed by atoms with van der Waals surface area (Å²) < 4.78 is 44.2. The lowest BCUT2D eigenvalue weighted by atomic mass is 10.2. The van der Waals surface area contributed by atoms with E-state index in [2.05, 4.69) is 0 Å². The van der Waals surface area contributed by atoms with Gasteiger partial charge in [0.1, 0.15) is 0 Å². The van der Waals surface area contributed by atoms with Crippen molar-refractivity contribution in [2.75, 3.05) is 27.4 Å². The van der Waals surface area contributed by atoms with Gasteiger partial charge in [-0.2, -0.15) is 4.31 Å². The molecule has 1 aliphatic rings. The molecule has 1 saturated heterocycles. The zero-order valence-corrected chi connectivity index (χ0v) is 17.7. The second-order valence-corrected chi connectivity index (χ2v) is 8.87. The first-order valence-corrected chi connectivity index (χ1v) is 10.9. The normalized spacial score (nSPS) is 16.6. The number of carbonyl (C=O) groups is 1. The van der Waals surface area contributed by atoms with Crippen molar-refractivity contribution in [3.8, 4) is 11.5 Å². The Morgan fingerprint density at radius 1 is 1.13 bits per heavy atom. The van der Waals surface area contributed by atoms with E-state index in [0.29, 0.717) is 18.1 Å². The van der Waals surface area contributed by atoms with E-state index in [-0.39, 0.29) is 29.7 Å². The molecule has 0 spiro atoms. The number of nitrogens with zero attached hydrogens (tertiary/aromatic N) is 1. The third-order valence-corrected chi connectivity index (χ3v) is 6.79. The van der Waals surface area contributed by atoms with Crippen molar-refractivity contribution in [1.82, 2.24) is 4.31 Å². The van der Waals surface area contributed by atoms with Gasteiger partial charge in [-0.3, -0.25) is 0 Å². The average Bonchev–Trinajstić information content (AvgIpc) is 3.26. The van der Waals surface area contributed by atoms with E-state index in [1.54, 1.807) is 18.2 Å². The molecule has 9 heteroatoms. The van der Waals surface area contributed by atoms with Crippen LogP contribution in [0, 0.1) is 0 Å². The lowest BCUT2D eigenvalue weighted by molar-refractivity contribution is -0.255. The van der Waals surface area contributed by atoms with Crippen LogP contribution in [0.1, 0.15) is 28.8 Å². The molecule has 0 N–H and O–H groups in total. The van der Waals surface area contributed by atoms with Crippen LogP contribution in [0.5, 0.6) is 11.5 Å². The first-order valence-electron chi connectivity index (χ1n) is 9.49. The van der Waals surface area contributed by atoms with Gasteiger partial charge in [0.15, 0.2) is 11.5 Å². The van der Waals surface area contributed by atoms with Crippen LogP contribution in [0.3, 0.4) is 0 Å². The quantitative estimate of drug-likeness (QED) is 0.588. The molecule has 30 heavy (non-hydrogen) atoms. The van der Waals surface area contributed by atoms with E-state index in [4.69, 9.17) is 14.2 Å². The molecular formula is C21H24NO7S-. The number of hydrogen-bond acceptors (Lipinski definition) is 7. The van der Waals surface area contributed by atoms with Crippen LogP contribution in [-0.4, -0.2) is 52.2 Å². The van der Waals surface area contributed by atoms with Gasteiger partial charge in [0, 0.05) is 19.7 Å². The molecule has 1 aliphatic heterocycles. The van der Waals surface area contributed by atoms with Crippen molar-refractivity contribution in [2.24, 2.45) is 0 Å². The van der Waals surface area contributed by atoms with Gasteiger partial charge >= 0.3 is 0 Å². The van der Waals surface area contributed by atoms with E-state index in [1.165, 1.54) is 42.8 Å². The highest BCUT2D eigenvalue weighted by molar-refractivity contribution is 7.89. The van der Waals surface area contributed by atoms with Crippen molar-refractivity contribution in [1.29, 1.82) is 0 Å². The molecule has 0 amide bonds. The Hall–Kier alpha value is -2.62. The van der Waals surface area contributed by atoms with Crippen LogP contribution in [0.4, 0.5) is 0 Å². The fourth-order valence-corrected chi connectivity index (χ4v) is 4.82. The molecule has 8 nitrogen and oxygen atoms in total. The molecule has 0 unspecified atom stereocenters. The molecule has 1 fully saturated rings. The summed E-state index contributed by atoms with van der Waals surface area (Å²) in [5.41, 5.74) is 0.639. The van der Waals surface area contributed by atoms with E-state index < -0.39 is 16.0 Å². The summed E-state index contributed by atoms with van der Waals surface area (Å²) >= 11 is 0. The average molecular weight is 434 g/mol. The number of methoxy groups -OCH3 is 2. The first kappa shape index (κ1) is 22.1. The molecule has 0 radical (unpaired) electrons. The van der Waals surface area contributed by atoms with Crippen LogP contribution in [0.25, 0.3) is 0 Å². The Morgan fingerprint density at radius 2 is 1.83 bits per heavy atom. The number of hydrogen-bond donors (Lipinski definition) is 0. The lowest BCUT2D eigenvalue weighted by Gasteiger charge is -2.25. The largest absolute Gasteiger partial charge is 0.545 e. The summed E-state index contributed by atoms with van der Waals surface area (Å²) in [7, 11) is -0.851. The summed E-state index contributed by atoms with van der Waals surface area (Å²) in [4.78, 5) is 11.0. The highest BCUT2D eigenvalue weighted by Gasteiger charge is 2.29. The number of carboxylic acids is 1. The van der Waals surface area contributed by atoms with Crippen molar-refractivity contribution in [3.63, 3.8) is 0 Å². The van der Waals surface area contributed by atoms with Crippen LogP contribution in [0.15, 0.2) is 47.4 Å². The molecule has 3 rings (SSSR count). The topological polar surface area (TPSA) is 105 Å². The molecule has 1 heterocycles. The fourth-order valence-electron chi connectivity index (χ4n) is 3.36. The predicted octanol–water partition coefficient (Wildman–Crippen LogP) is 1.44. The predicted molar refractivity (Wildman–Crippen MR) is 107 cm³/mol. The van der Waals surface area contributed by atoms with Crippen molar-refractivity contribution in [2.45, 2.75) is 30.4 Å². The lowest BCUT2D eigenvalue weighted by Crippen LogP contribution is -2.37. The zero-order chi connectivity index (χ0) is 21.7. The van der Waals surface area contributed by atoms with Gasteiger partial charge in [-0.15, -0.1) is 0 Å². The smallest absolute Gasteiger partial charge is 0.243 e. The Morgan fingerprint density at radius 3 is 2.40 bits per heavy atom. The molecule has 0 saturated carbocycles. The van der Waals surface area contributed by atoms with Crippen molar-refractivity contribution >= 4 is 16.0 Å². The number of ether oxygens (including phenoxy) is 3. The Balaban J connectivity index is 1.92. The molecular weight excluding hydrogens is 410 g/mol. The molecule has 2 aromatic rings. The molecule has 0 aliphatic carbocycles. The minimum absolute atomic E-state index is 0.00553. The van der Waals surface area contributed by atoms with Gasteiger partial charge in [-0.1, -0.05) is 18.2 Å². The minimum Gasteiger partial charge on any atom is -0.545 e. The maximum Gasteiger partial charge on any atom is 0.243 e. The van der Waals surface area contributed by atoms with Crippen LogP contribution in [0.2, 0.25) is 0 Å². The van der Waals surface area contributed by atoms with Gasteiger partial charge in [0.2, 0.25) is 10.0 Å². The number of aromatic carboxylic acids is 1. The van der Waals surface area contributed by atoms with Gasteiger partial charge in [0.05, 0.1) is 31.2 Å². The maximum atomic E-state index is 13.3. The summed E-state index contributed by atoms with van der Waals surface area (Å²) in [5.74, 6) is -0.309. The molecule has 0 bridgehead atoms.